The third kappa shape index (κ3) is 6.86. The van der Waals surface area contributed by atoms with E-state index in [0.717, 1.165) is 35.8 Å². The lowest BCUT2D eigenvalue weighted by molar-refractivity contribution is 0.336. The summed E-state index contributed by atoms with van der Waals surface area (Å²) in [5, 5.41) is 11.6. The molecule has 0 aliphatic rings. The van der Waals surface area contributed by atoms with Gasteiger partial charge in [0.25, 0.3) is 0 Å². The summed E-state index contributed by atoms with van der Waals surface area (Å²) in [4.78, 5) is 4.74. The van der Waals surface area contributed by atoms with Gasteiger partial charge in [0.05, 0.1) is 18.0 Å². The zero-order valence-electron chi connectivity index (χ0n) is 16.3. The number of benzene rings is 2. The van der Waals surface area contributed by atoms with Crippen molar-refractivity contribution in [2.75, 3.05) is 19.7 Å². The van der Waals surface area contributed by atoms with Gasteiger partial charge in [0.15, 0.2) is 5.96 Å². The van der Waals surface area contributed by atoms with Crippen LogP contribution in [0.3, 0.4) is 0 Å². The van der Waals surface area contributed by atoms with Crippen LogP contribution in [0.15, 0.2) is 58.4 Å². The van der Waals surface area contributed by atoms with E-state index in [2.05, 4.69) is 15.6 Å². The molecule has 2 rings (SSSR count). The molecule has 0 spiro atoms. The van der Waals surface area contributed by atoms with Crippen molar-refractivity contribution in [3.05, 3.63) is 59.7 Å². The third-order valence-electron chi connectivity index (χ3n) is 3.98. The van der Waals surface area contributed by atoms with Gasteiger partial charge in [0.2, 0.25) is 10.0 Å². The molecule has 0 aliphatic heterocycles. The molecule has 0 heterocycles. The Morgan fingerprint density at radius 2 is 1.79 bits per heavy atom. The number of guanidine groups is 1. The summed E-state index contributed by atoms with van der Waals surface area (Å²) in [7, 11) is -3.66. The molecule has 152 valence electrons. The molecule has 4 N–H and O–H groups in total. The van der Waals surface area contributed by atoms with Gasteiger partial charge in [0, 0.05) is 18.7 Å². The van der Waals surface area contributed by atoms with Crippen LogP contribution >= 0.6 is 0 Å². The molecule has 0 unspecified atom stereocenters. The van der Waals surface area contributed by atoms with Gasteiger partial charge in [-0.1, -0.05) is 30.3 Å². The zero-order valence-corrected chi connectivity index (χ0v) is 17.1. The van der Waals surface area contributed by atoms with Crippen LogP contribution in [0, 0.1) is 0 Å². The lowest BCUT2D eigenvalue weighted by Gasteiger charge is -2.13. The van der Waals surface area contributed by atoms with Gasteiger partial charge < -0.3 is 15.4 Å². The minimum Gasteiger partial charge on any atom is -0.494 e. The lowest BCUT2D eigenvalue weighted by Crippen LogP contribution is -2.38. The van der Waals surface area contributed by atoms with Crippen LogP contribution in [0.2, 0.25) is 0 Å². The molecule has 2 aromatic carbocycles. The molecule has 0 fully saturated rings. The monoisotopic (exact) mass is 404 g/mol. The number of ether oxygens (including phenoxy) is 1. The van der Waals surface area contributed by atoms with Crippen LogP contribution in [0.1, 0.15) is 25.0 Å². The number of rotatable bonds is 9. The van der Waals surface area contributed by atoms with E-state index < -0.39 is 10.0 Å². The largest absolute Gasteiger partial charge is 0.494 e. The maximum atomic E-state index is 11.3. The van der Waals surface area contributed by atoms with Crippen molar-refractivity contribution < 1.29 is 13.2 Å². The maximum Gasteiger partial charge on any atom is 0.238 e. The number of para-hydroxylation sites is 1. The van der Waals surface area contributed by atoms with Crippen molar-refractivity contribution in [2.45, 2.75) is 31.7 Å². The Morgan fingerprint density at radius 1 is 1.07 bits per heavy atom. The minimum absolute atomic E-state index is 0.118. The fourth-order valence-corrected chi connectivity index (χ4v) is 3.12. The Morgan fingerprint density at radius 3 is 2.43 bits per heavy atom. The van der Waals surface area contributed by atoms with Crippen molar-refractivity contribution in [1.82, 2.24) is 10.6 Å². The first-order valence-corrected chi connectivity index (χ1v) is 10.8. The van der Waals surface area contributed by atoms with E-state index in [1.54, 1.807) is 12.1 Å². The number of nitrogens with one attached hydrogen (secondary N) is 2. The van der Waals surface area contributed by atoms with E-state index >= 15 is 0 Å². The normalized spacial score (nSPS) is 11.9. The highest BCUT2D eigenvalue weighted by molar-refractivity contribution is 7.89. The molecule has 0 bridgehead atoms. The highest BCUT2D eigenvalue weighted by Crippen LogP contribution is 2.18. The van der Waals surface area contributed by atoms with Crippen molar-refractivity contribution in [3.8, 4) is 5.75 Å². The molecule has 0 saturated heterocycles. The molecule has 0 aliphatic carbocycles. The molecule has 0 atom stereocenters. The van der Waals surface area contributed by atoms with E-state index in [4.69, 9.17) is 9.88 Å². The van der Waals surface area contributed by atoms with Crippen LogP contribution in [0.5, 0.6) is 5.75 Å². The summed E-state index contributed by atoms with van der Waals surface area (Å²) in [5.41, 5.74) is 2.04. The topological polar surface area (TPSA) is 106 Å². The van der Waals surface area contributed by atoms with Gasteiger partial charge in [-0.15, -0.1) is 0 Å². The number of hydrogen-bond acceptors (Lipinski definition) is 4. The highest BCUT2D eigenvalue weighted by atomic mass is 32.2. The van der Waals surface area contributed by atoms with Crippen LogP contribution in [-0.2, 0) is 23.0 Å². The predicted molar refractivity (Wildman–Crippen MR) is 112 cm³/mol. The molecule has 0 radical (unpaired) electrons. The van der Waals surface area contributed by atoms with E-state index in [1.165, 1.54) is 12.1 Å². The minimum atomic E-state index is -3.66. The van der Waals surface area contributed by atoms with Crippen LogP contribution in [0.4, 0.5) is 0 Å². The van der Waals surface area contributed by atoms with Crippen molar-refractivity contribution in [3.63, 3.8) is 0 Å². The quantitative estimate of drug-likeness (QED) is 0.438. The first kappa shape index (κ1) is 21.7. The molecular formula is C20H28N4O3S. The van der Waals surface area contributed by atoms with Crippen molar-refractivity contribution >= 4 is 16.0 Å². The maximum absolute atomic E-state index is 11.3. The predicted octanol–water partition coefficient (Wildman–Crippen LogP) is 2.03. The van der Waals surface area contributed by atoms with E-state index in [9.17, 15) is 8.42 Å². The van der Waals surface area contributed by atoms with E-state index in [1.807, 2.05) is 38.1 Å². The number of sulfonamides is 1. The average molecular weight is 405 g/mol. The van der Waals surface area contributed by atoms with E-state index in [-0.39, 0.29) is 4.90 Å². The summed E-state index contributed by atoms with van der Waals surface area (Å²) in [6.45, 7) is 6.51. The van der Waals surface area contributed by atoms with Gasteiger partial charge >= 0.3 is 0 Å². The summed E-state index contributed by atoms with van der Waals surface area (Å²) in [6, 6.07) is 14.4. The van der Waals surface area contributed by atoms with Crippen LogP contribution in [-0.4, -0.2) is 34.1 Å². The summed E-state index contributed by atoms with van der Waals surface area (Å²) < 4.78 is 28.3. The Balaban J connectivity index is 1.94. The zero-order chi connectivity index (χ0) is 20.4. The Bertz CT molecular complexity index is 881. The molecule has 0 amide bonds. The number of primary sulfonamides is 1. The molecule has 2 aromatic rings. The van der Waals surface area contributed by atoms with Gasteiger partial charge in [-0.05, 0) is 44.0 Å². The average Bonchev–Trinajstić information content (AvgIpc) is 2.67. The second-order valence-electron chi connectivity index (χ2n) is 6.10. The molecule has 8 heteroatoms. The Labute approximate surface area is 167 Å². The van der Waals surface area contributed by atoms with Gasteiger partial charge in [-0.25, -0.2) is 18.5 Å². The second kappa shape index (κ2) is 10.7. The summed E-state index contributed by atoms with van der Waals surface area (Å²) in [5.74, 6) is 1.56. The lowest BCUT2D eigenvalue weighted by atomic mass is 10.1. The fourth-order valence-electron chi connectivity index (χ4n) is 2.61. The molecule has 28 heavy (non-hydrogen) atoms. The molecule has 0 saturated carbocycles. The van der Waals surface area contributed by atoms with Crippen LogP contribution < -0.4 is 20.5 Å². The fraction of sp³-hybridized carbons (Fsp3) is 0.350. The Hall–Kier alpha value is -2.58. The smallest absolute Gasteiger partial charge is 0.238 e. The number of nitrogens with zero attached hydrogens (tertiary/aromatic N) is 1. The van der Waals surface area contributed by atoms with Crippen LogP contribution in [0.25, 0.3) is 0 Å². The van der Waals surface area contributed by atoms with E-state index in [0.29, 0.717) is 19.7 Å². The van der Waals surface area contributed by atoms with Gasteiger partial charge in [-0.3, -0.25) is 0 Å². The number of hydrogen-bond donors (Lipinski definition) is 3. The standard InChI is InChI=1S/C20H28N4O3S/c1-3-22-20(24-15-17-7-5-6-8-19(17)27-4-2)23-14-13-16-9-11-18(12-10-16)28(21,25)26/h5-12H,3-4,13-15H2,1-2H3,(H2,21,25,26)(H2,22,23,24). The third-order valence-corrected chi connectivity index (χ3v) is 4.91. The first-order valence-electron chi connectivity index (χ1n) is 9.28. The van der Waals surface area contributed by atoms with Gasteiger partial charge in [0.1, 0.15) is 5.75 Å². The Kier molecular flexibility index (Phi) is 8.28. The number of aliphatic imine (C=N–C) groups is 1. The molecular weight excluding hydrogens is 376 g/mol. The summed E-state index contributed by atoms with van der Waals surface area (Å²) >= 11 is 0. The van der Waals surface area contributed by atoms with Crippen molar-refractivity contribution in [2.24, 2.45) is 10.1 Å². The molecule has 0 aromatic heterocycles. The highest BCUT2D eigenvalue weighted by Gasteiger charge is 2.07. The van der Waals surface area contributed by atoms with Crippen molar-refractivity contribution in [1.29, 1.82) is 0 Å². The number of nitrogens with two attached hydrogens (primary N) is 1. The first-order chi connectivity index (χ1) is 13.4. The second-order valence-corrected chi connectivity index (χ2v) is 7.66. The summed E-state index contributed by atoms with van der Waals surface area (Å²) in [6.07, 6.45) is 0.727. The SMILES string of the molecule is CCNC(=NCc1ccccc1OCC)NCCc1ccc(S(N)(=O)=O)cc1. The van der Waals surface area contributed by atoms with Gasteiger partial charge in [-0.2, -0.15) is 0 Å². The molecule has 7 nitrogen and oxygen atoms in total.